The third-order valence-corrected chi connectivity index (χ3v) is 3.75. The summed E-state index contributed by atoms with van der Waals surface area (Å²) in [6.45, 7) is 1.97. The maximum atomic E-state index is 12.3. The molecule has 3 N–H and O–H groups in total. The average Bonchev–Trinajstić information content (AvgIpc) is 2.82. The summed E-state index contributed by atoms with van der Waals surface area (Å²) in [4.78, 5) is 35.1. The Morgan fingerprint density at radius 2 is 2.14 bits per heavy atom. The molecule has 112 valence electrons. The largest absolute Gasteiger partial charge is 0.481 e. The Morgan fingerprint density at radius 1 is 1.48 bits per heavy atom. The number of nitro groups is 1. The van der Waals surface area contributed by atoms with Crippen molar-refractivity contribution in [1.29, 1.82) is 0 Å². The van der Waals surface area contributed by atoms with Crippen molar-refractivity contribution >= 4 is 23.3 Å². The van der Waals surface area contributed by atoms with Gasteiger partial charge in [-0.2, -0.15) is 0 Å². The van der Waals surface area contributed by atoms with E-state index in [2.05, 4.69) is 0 Å². The number of carboxylic acids is 1. The summed E-state index contributed by atoms with van der Waals surface area (Å²) in [6.07, 6.45) is 0.352. The summed E-state index contributed by atoms with van der Waals surface area (Å²) in [6, 6.07) is 3.83. The van der Waals surface area contributed by atoms with Crippen LogP contribution >= 0.6 is 0 Å². The number of nitro benzene ring substituents is 1. The smallest absolute Gasteiger partial charge is 0.311 e. The van der Waals surface area contributed by atoms with Crippen molar-refractivity contribution in [2.75, 3.05) is 18.8 Å². The zero-order chi connectivity index (χ0) is 15.8. The van der Waals surface area contributed by atoms with Crippen LogP contribution in [0.4, 0.5) is 11.4 Å². The molecule has 1 aliphatic rings. The molecule has 1 amide bonds. The van der Waals surface area contributed by atoms with Gasteiger partial charge in [-0.15, -0.1) is 0 Å². The van der Waals surface area contributed by atoms with E-state index >= 15 is 0 Å². The number of hydrogen-bond donors (Lipinski definition) is 2. The van der Waals surface area contributed by atoms with Crippen LogP contribution in [-0.2, 0) is 4.79 Å². The number of nitrogens with two attached hydrogens (primary N) is 1. The molecule has 1 aromatic carbocycles. The van der Waals surface area contributed by atoms with Crippen LogP contribution in [0.2, 0.25) is 0 Å². The topological polar surface area (TPSA) is 127 Å². The average molecular weight is 293 g/mol. The Balaban J connectivity index is 2.24. The first-order chi connectivity index (χ1) is 9.74. The summed E-state index contributed by atoms with van der Waals surface area (Å²) in [7, 11) is 0. The van der Waals surface area contributed by atoms with E-state index in [9.17, 15) is 19.7 Å². The van der Waals surface area contributed by atoms with E-state index in [0.29, 0.717) is 13.0 Å². The fourth-order valence-corrected chi connectivity index (χ4v) is 2.33. The van der Waals surface area contributed by atoms with Crippen LogP contribution in [0.3, 0.4) is 0 Å². The third-order valence-electron chi connectivity index (χ3n) is 3.75. The first-order valence-corrected chi connectivity index (χ1v) is 6.31. The molecule has 1 fully saturated rings. The molecule has 1 atom stereocenters. The highest BCUT2D eigenvalue weighted by Gasteiger charge is 2.42. The number of benzene rings is 1. The normalized spacial score (nSPS) is 21.3. The number of hydrogen-bond acceptors (Lipinski definition) is 5. The molecule has 0 radical (unpaired) electrons. The summed E-state index contributed by atoms with van der Waals surface area (Å²) in [5, 5.41) is 20.0. The minimum Gasteiger partial charge on any atom is -0.481 e. The van der Waals surface area contributed by atoms with Gasteiger partial charge < -0.3 is 15.7 Å². The minimum absolute atomic E-state index is 0.0200. The molecule has 0 aromatic heterocycles. The number of carboxylic acid groups (broad SMARTS) is 1. The Bertz CT molecular complexity index is 630. The number of nitrogen functional groups attached to an aromatic ring is 1. The monoisotopic (exact) mass is 293 g/mol. The number of anilines is 1. The second-order valence-electron chi connectivity index (χ2n) is 5.37. The van der Waals surface area contributed by atoms with Crippen LogP contribution in [0.5, 0.6) is 0 Å². The predicted molar refractivity (Wildman–Crippen MR) is 73.8 cm³/mol. The van der Waals surface area contributed by atoms with Crippen molar-refractivity contribution in [3.8, 4) is 0 Å². The van der Waals surface area contributed by atoms with Gasteiger partial charge in [-0.05, 0) is 25.5 Å². The van der Waals surface area contributed by atoms with Gasteiger partial charge in [0.1, 0.15) is 5.69 Å². The minimum atomic E-state index is -0.977. The molecule has 1 aromatic rings. The number of nitrogens with zero attached hydrogens (tertiary/aromatic N) is 2. The molecule has 1 saturated heterocycles. The highest BCUT2D eigenvalue weighted by molar-refractivity contribution is 5.96. The van der Waals surface area contributed by atoms with Gasteiger partial charge >= 0.3 is 5.97 Å². The van der Waals surface area contributed by atoms with E-state index in [0.717, 1.165) is 6.07 Å². The lowest BCUT2D eigenvalue weighted by Gasteiger charge is -2.20. The van der Waals surface area contributed by atoms with Crippen molar-refractivity contribution in [1.82, 2.24) is 4.90 Å². The molecule has 8 nitrogen and oxygen atoms in total. The van der Waals surface area contributed by atoms with E-state index in [1.165, 1.54) is 17.0 Å². The number of carbonyl (C=O) groups is 2. The maximum absolute atomic E-state index is 12.3. The highest BCUT2D eigenvalue weighted by atomic mass is 16.6. The van der Waals surface area contributed by atoms with Crippen molar-refractivity contribution in [3.63, 3.8) is 0 Å². The van der Waals surface area contributed by atoms with E-state index in [-0.39, 0.29) is 23.5 Å². The van der Waals surface area contributed by atoms with Crippen molar-refractivity contribution in [2.24, 2.45) is 5.41 Å². The zero-order valence-corrected chi connectivity index (χ0v) is 11.4. The van der Waals surface area contributed by atoms with E-state index in [1.54, 1.807) is 6.92 Å². The molecule has 8 heteroatoms. The number of aliphatic carboxylic acids is 1. The Hall–Kier alpha value is -2.64. The molecule has 21 heavy (non-hydrogen) atoms. The van der Waals surface area contributed by atoms with Crippen LogP contribution < -0.4 is 5.73 Å². The molecular formula is C13H15N3O5. The zero-order valence-electron chi connectivity index (χ0n) is 11.4. The first kappa shape index (κ1) is 14.8. The van der Waals surface area contributed by atoms with Gasteiger partial charge in [0, 0.05) is 24.7 Å². The molecule has 0 aliphatic carbocycles. The summed E-state index contributed by atoms with van der Waals surface area (Å²) < 4.78 is 0. The van der Waals surface area contributed by atoms with Gasteiger partial charge in [0.25, 0.3) is 11.6 Å². The standard InChI is InChI=1S/C13H15N3O5/c1-13(12(18)19)4-5-15(7-13)11(17)8-2-3-9(14)10(6-8)16(20)21/h2-3,6H,4-5,7,14H2,1H3,(H,18,19). The summed E-state index contributed by atoms with van der Waals surface area (Å²) in [5.41, 5.74) is 4.28. The second kappa shape index (κ2) is 5.04. The Labute approximate surface area is 120 Å². The van der Waals surface area contributed by atoms with Crippen LogP contribution in [0, 0.1) is 15.5 Å². The molecule has 2 rings (SSSR count). The predicted octanol–water partition coefficient (Wildman–Crippen LogP) is 1.11. The number of rotatable bonds is 3. The number of carbonyl (C=O) groups excluding carboxylic acids is 1. The van der Waals surface area contributed by atoms with Crippen LogP contribution in [0.15, 0.2) is 18.2 Å². The molecule has 0 bridgehead atoms. The lowest BCUT2D eigenvalue weighted by atomic mass is 9.90. The van der Waals surface area contributed by atoms with Crippen LogP contribution in [0.1, 0.15) is 23.7 Å². The number of amides is 1. The summed E-state index contributed by atoms with van der Waals surface area (Å²) in [5.74, 6) is -1.39. The van der Waals surface area contributed by atoms with Gasteiger partial charge in [0.2, 0.25) is 0 Å². The van der Waals surface area contributed by atoms with Gasteiger partial charge in [0.05, 0.1) is 10.3 Å². The van der Waals surface area contributed by atoms with Crippen LogP contribution in [0.25, 0.3) is 0 Å². The quantitative estimate of drug-likeness (QED) is 0.488. The van der Waals surface area contributed by atoms with Crippen molar-refractivity contribution in [3.05, 3.63) is 33.9 Å². The van der Waals surface area contributed by atoms with E-state index < -0.39 is 22.2 Å². The molecule has 1 unspecified atom stereocenters. The first-order valence-electron chi connectivity index (χ1n) is 6.31. The lowest BCUT2D eigenvalue weighted by molar-refractivity contribution is -0.383. The Morgan fingerprint density at radius 3 is 2.67 bits per heavy atom. The molecule has 0 saturated carbocycles. The molecule has 0 spiro atoms. The molecular weight excluding hydrogens is 278 g/mol. The fraction of sp³-hybridized carbons (Fsp3) is 0.385. The van der Waals surface area contributed by atoms with Crippen LogP contribution in [-0.4, -0.2) is 39.9 Å². The number of likely N-dealkylation sites (tertiary alicyclic amines) is 1. The summed E-state index contributed by atoms with van der Waals surface area (Å²) >= 11 is 0. The highest BCUT2D eigenvalue weighted by Crippen LogP contribution is 2.31. The second-order valence-corrected chi connectivity index (χ2v) is 5.37. The van der Waals surface area contributed by atoms with Gasteiger partial charge in [0.15, 0.2) is 0 Å². The van der Waals surface area contributed by atoms with Crippen molar-refractivity contribution in [2.45, 2.75) is 13.3 Å². The SMILES string of the molecule is CC1(C(=O)O)CCN(C(=O)c2ccc(N)c([N+](=O)[O-])c2)C1. The van der Waals surface area contributed by atoms with Gasteiger partial charge in [-0.1, -0.05) is 0 Å². The lowest BCUT2D eigenvalue weighted by Crippen LogP contribution is -2.34. The van der Waals surface area contributed by atoms with Crippen molar-refractivity contribution < 1.29 is 19.6 Å². The van der Waals surface area contributed by atoms with E-state index in [1.807, 2.05) is 0 Å². The maximum Gasteiger partial charge on any atom is 0.311 e. The Kier molecular flexibility index (Phi) is 3.54. The molecule has 1 aliphatic heterocycles. The van der Waals surface area contributed by atoms with Gasteiger partial charge in [-0.25, -0.2) is 0 Å². The third kappa shape index (κ3) is 2.64. The van der Waals surface area contributed by atoms with E-state index in [4.69, 9.17) is 10.8 Å². The van der Waals surface area contributed by atoms with Gasteiger partial charge in [-0.3, -0.25) is 19.7 Å². The molecule has 1 heterocycles. The fourth-order valence-electron chi connectivity index (χ4n) is 2.33.